The number of carbonyl (C=O) groups is 1. The average molecular weight is 356 g/mol. The number of nitro groups is 1. The number of hydrogen-bond donors (Lipinski definition) is 2. The van der Waals surface area contributed by atoms with E-state index in [0.717, 1.165) is 12.8 Å². The number of amides is 1. The summed E-state index contributed by atoms with van der Waals surface area (Å²) in [6, 6.07) is 7.22. The van der Waals surface area contributed by atoms with Crippen molar-refractivity contribution in [2.75, 3.05) is 0 Å². The van der Waals surface area contributed by atoms with E-state index >= 15 is 0 Å². The molecule has 9 nitrogen and oxygen atoms in total. The van der Waals surface area contributed by atoms with Gasteiger partial charge in [0.1, 0.15) is 0 Å². The second-order valence-electron chi connectivity index (χ2n) is 6.99. The summed E-state index contributed by atoms with van der Waals surface area (Å²) in [7, 11) is 0. The summed E-state index contributed by atoms with van der Waals surface area (Å²) in [6.45, 7) is 1.74. The molecule has 0 spiro atoms. The summed E-state index contributed by atoms with van der Waals surface area (Å²) in [5.74, 6) is -0.245. The first-order valence-corrected chi connectivity index (χ1v) is 8.75. The number of carbonyl (C=O) groups excluding carboxylic acids is 1. The molecule has 1 aromatic carbocycles. The van der Waals surface area contributed by atoms with Gasteiger partial charge >= 0.3 is 0 Å². The Bertz CT molecular complexity index is 852. The molecule has 2 N–H and O–H groups in total. The van der Waals surface area contributed by atoms with E-state index in [1.807, 2.05) is 0 Å². The van der Waals surface area contributed by atoms with Gasteiger partial charge in [-0.25, -0.2) is 4.68 Å². The molecule has 2 aromatic rings. The highest BCUT2D eigenvalue weighted by Gasteiger charge is 2.34. The summed E-state index contributed by atoms with van der Waals surface area (Å²) >= 11 is 0. The standard InChI is InChI=1S/C17H20N6O3/c1-10-16(17(24)19-13-7-11-5-6-12(8-13)18-11)20-21-22(10)14-3-2-4-15(9-14)23(25)26/h2-4,9,11-13,18H,5-8H2,1H3,(H,19,24). The van der Waals surface area contributed by atoms with Crippen LogP contribution in [0.5, 0.6) is 0 Å². The van der Waals surface area contributed by atoms with E-state index in [1.165, 1.54) is 29.7 Å². The highest BCUT2D eigenvalue weighted by Crippen LogP contribution is 2.27. The van der Waals surface area contributed by atoms with Gasteiger partial charge in [0.25, 0.3) is 11.6 Å². The Morgan fingerprint density at radius 1 is 1.35 bits per heavy atom. The Morgan fingerprint density at radius 3 is 2.77 bits per heavy atom. The van der Waals surface area contributed by atoms with Crippen LogP contribution in [0, 0.1) is 17.0 Å². The van der Waals surface area contributed by atoms with Gasteiger partial charge < -0.3 is 10.6 Å². The molecule has 0 radical (unpaired) electrons. The van der Waals surface area contributed by atoms with Crippen molar-refractivity contribution < 1.29 is 9.72 Å². The number of non-ortho nitro benzene ring substituents is 1. The van der Waals surface area contributed by atoms with Crippen LogP contribution in [0.1, 0.15) is 41.9 Å². The third-order valence-corrected chi connectivity index (χ3v) is 5.20. The van der Waals surface area contributed by atoms with Gasteiger partial charge in [-0.2, -0.15) is 0 Å². The lowest BCUT2D eigenvalue weighted by Gasteiger charge is -2.29. The molecule has 2 unspecified atom stereocenters. The maximum absolute atomic E-state index is 12.6. The van der Waals surface area contributed by atoms with Crippen molar-refractivity contribution in [3.05, 3.63) is 45.8 Å². The zero-order valence-electron chi connectivity index (χ0n) is 14.4. The van der Waals surface area contributed by atoms with Crippen molar-refractivity contribution in [3.8, 4) is 5.69 Å². The van der Waals surface area contributed by atoms with Crippen LogP contribution in [0.3, 0.4) is 0 Å². The Hall–Kier alpha value is -2.81. The fourth-order valence-electron chi connectivity index (χ4n) is 3.95. The number of fused-ring (bicyclic) bond motifs is 2. The van der Waals surface area contributed by atoms with Gasteiger partial charge in [0.15, 0.2) is 5.69 Å². The quantitative estimate of drug-likeness (QED) is 0.634. The van der Waals surface area contributed by atoms with Crippen LogP contribution >= 0.6 is 0 Å². The van der Waals surface area contributed by atoms with Crippen LogP contribution in [-0.2, 0) is 0 Å². The highest BCUT2D eigenvalue weighted by molar-refractivity contribution is 5.93. The van der Waals surface area contributed by atoms with Crippen molar-refractivity contribution >= 4 is 11.6 Å². The third-order valence-electron chi connectivity index (χ3n) is 5.20. The molecule has 2 bridgehead atoms. The first kappa shape index (κ1) is 16.6. The fourth-order valence-corrected chi connectivity index (χ4v) is 3.95. The van der Waals surface area contributed by atoms with Crippen LogP contribution in [0.15, 0.2) is 24.3 Å². The molecule has 3 heterocycles. The Balaban J connectivity index is 1.52. The monoisotopic (exact) mass is 356 g/mol. The maximum Gasteiger partial charge on any atom is 0.273 e. The Labute approximate surface area is 149 Å². The lowest BCUT2D eigenvalue weighted by atomic mass is 9.99. The predicted octanol–water partition coefficient (Wildman–Crippen LogP) is 1.50. The molecule has 1 aromatic heterocycles. The zero-order valence-corrected chi connectivity index (χ0v) is 14.4. The maximum atomic E-state index is 12.6. The molecule has 136 valence electrons. The molecule has 2 aliphatic rings. The third kappa shape index (κ3) is 3.05. The van der Waals surface area contributed by atoms with Crippen LogP contribution in [0.25, 0.3) is 5.69 Å². The minimum atomic E-state index is -0.464. The van der Waals surface area contributed by atoms with Gasteiger partial charge in [0.2, 0.25) is 0 Å². The molecule has 0 saturated carbocycles. The smallest absolute Gasteiger partial charge is 0.273 e. The zero-order chi connectivity index (χ0) is 18.3. The van der Waals surface area contributed by atoms with Crippen molar-refractivity contribution in [1.82, 2.24) is 25.6 Å². The van der Waals surface area contributed by atoms with E-state index < -0.39 is 4.92 Å². The van der Waals surface area contributed by atoms with Gasteiger partial charge in [0, 0.05) is 30.3 Å². The number of benzene rings is 1. The average Bonchev–Trinajstić information content (AvgIpc) is 3.17. The summed E-state index contributed by atoms with van der Waals surface area (Å²) < 4.78 is 1.45. The van der Waals surface area contributed by atoms with Crippen LogP contribution in [0.4, 0.5) is 5.69 Å². The second kappa shape index (κ2) is 6.49. The number of nitrogens with one attached hydrogen (secondary N) is 2. The normalized spacial score (nSPS) is 24.4. The fraction of sp³-hybridized carbons (Fsp3) is 0.471. The lowest BCUT2D eigenvalue weighted by Crippen LogP contribution is -2.48. The number of piperidine rings is 1. The predicted molar refractivity (Wildman–Crippen MR) is 93.2 cm³/mol. The number of nitro benzene ring substituents is 1. The van der Waals surface area contributed by atoms with E-state index in [-0.39, 0.29) is 23.3 Å². The van der Waals surface area contributed by atoms with E-state index in [9.17, 15) is 14.9 Å². The molecular weight excluding hydrogens is 336 g/mol. The van der Waals surface area contributed by atoms with Crippen molar-refractivity contribution in [3.63, 3.8) is 0 Å². The first-order valence-electron chi connectivity index (χ1n) is 8.75. The largest absolute Gasteiger partial charge is 0.348 e. The van der Waals surface area contributed by atoms with E-state index in [0.29, 0.717) is 23.5 Å². The summed E-state index contributed by atoms with van der Waals surface area (Å²) in [5.41, 5.74) is 1.28. The summed E-state index contributed by atoms with van der Waals surface area (Å²) in [5, 5.41) is 25.6. The molecule has 9 heteroatoms. The summed E-state index contributed by atoms with van der Waals surface area (Å²) in [4.78, 5) is 23.1. The highest BCUT2D eigenvalue weighted by atomic mass is 16.6. The minimum absolute atomic E-state index is 0.0337. The molecule has 26 heavy (non-hydrogen) atoms. The Morgan fingerprint density at radius 2 is 2.08 bits per heavy atom. The number of rotatable bonds is 4. The molecule has 4 rings (SSSR count). The van der Waals surface area contributed by atoms with Gasteiger partial charge in [-0.05, 0) is 38.7 Å². The van der Waals surface area contributed by atoms with Gasteiger partial charge in [-0.3, -0.25) is 14.9 Å². The van der Waals surface area contributed by atoms with E-state index in [2.05, 4.69) is 20.9 Å². The minimum Gasteiger partial charge on any atom is -0.348 e. The first-order chi connectivity index (χ1) is 12.5. The van der Waals surface area contributed by atoms with E-state index in [4.69, 9.17) is 0 Å². The van der Waals surface area contributed by atoms with Crippen LogP contribution < -0.4 is 10.6 Å². The lowest BCUT2D eigenvalue weighted by molar-refractivity contribution is -0.384. The van der Waals surface area contributed by atoms with Crippen LogP contribution in [0.2, 0.25) is 0 Å². The molecule has 2 atom stereocenters. The SMILES string of the molecule is Cc1c(C(=O)NC2CC3CCC(C2)N3)nnn1-c1cccc([N+](=O)[O-])c1. The van der Waals surface area contributed by atoms with E-state index in [1.54, 1.807) is 19.1 Å². The molecule has 2 aliphatic heterocycles. The number of hydrogen-bond acceptors (Lipinski definition) is 6. The molecule has 2 saturated heterocycles. The molecular formula is C17H20N6O3. The topological polar surface area (TPSA) is 115 Å². The molecule has 0 aliphatic carbocycles. The molecule has 2 fully saturated rings. The van der Waals surface area contributed by atoms with Crippen LogP contribution in [-0.4, -0.2) is 43.9 Å². The second-order valence-corrected chi connectivity index (χ2v) is 6.99. The Kier molecular flexibility index (Phi) is 4.15. The van der Waals surface area contributed by atoms with Gasteiger partial charge in [0.05, 0.1) is 16.3 Å². The summed E-state index contributed by atoms with van der Waals surface area (Å²) in [6.07, 6.45) is 4.19. The van der Waals surface area contributed by atoms with Gasteiger partial charge in [-0.15, -0.1) is 5.10 Å². The van der Waals surface area contributed by atoms with Crippen molar-refractivity contribution in [2.24, 2.45) is 0 Å². The van der Waals surface area contributed by atoms with Crippen molar-refractivity contribution in [1.29, 1.82) is 0 Å². The molecule has 1 amide bonds. The van der Waals surface area contributed by atoms with Gasteiger partial charge in [-0.1, -0.05) is 11.3 Å². The number of aromatic nitrogens is 3. The van der Waals surface area contributed by atoms with Crippen molar-refractivity contribution in [2.45, 2.75) is 50.7 Å². The number of nitrogens with zero attached hydrogens (tertiary/aromatic N) is 4.